The van der Waals surface area contributed by atoms with Crippen LogP contribution >= 0.6 is 0 Å². The Morgan fingerprint density at radius 3 is 2.91 bits per heavy atom. The van der Waals surface area contributed by atoms with Crippen molar-refractivity contribution in [3.8, 4) is 5.75 Å². The lowest BCUT2D eigenvalue weighted by Gasteiger charge is -2.38. The van der Waals surface area contributed by atoms with E-state index in [1.807, 2.05) is 4.90 Å². The highest BCUT2D eigenvalue weighted by atomic mass is 19.4. The summed E-state index contributed by atoms with van der Waals surface area (Å²) in [4.78, 5) is 15.8. The highest BCUT2D eigenvalue weighted by molar-refractivity contribution is 5.84. The van der Waals surface area contributed by atoms with E-state index in [1.165, 1.54) is 12.1 Å². The average Bonchev–Trinajstić information content (AvgIpc) is 3.35. The molecular formula is C25H33F3N2O4. The van der Waals surface area contributed by atoms with Gasteiger partial charge in [-0.2, -0.15) is 0 Å². The van der Waals surface area contributed by atoms with Crippen molar-refractivity contribution in [3.63, 3.8) is 0 Å². The molecule has 188 valence electrons. The molecule has 1 aromatic rings. The summed E-state index contributed by atoms with van der Waals surface area (Å²) in [5.74, 6) is 0.286. The molecular weight excluding hydrogens is 449 g/mol. The molecule has 2 saturated carbocycles. The number of hydrogen-bond donors (Lipinski definition) is 1. The minimum Gasteiger partial charge on any atom is -0.406 e. The summed E-state index contributed by atoms with van der Waals surface area (Å²) < 4.78 is 53.3. The molecule has 2 unspecified atom stereocenters. The number of hydrogen-bond acceptors (Lipinski definition) is 5. The largest absolute Gasteiger partial charge is 0.573 e. The van der Waals surface area contributed by atoms with E-state index in [1.54, 1.807) is 13.2 Å². The van der Waals surface area contributed by atoms with Gasteiger partial charge in [-0.05, 0) is 67.7 Å². The van der Waals surface area contributed by atoms with Crippen molar-refractivity contribution in [2.24, 2.45) is 11.3 Å². The molecule has 2 heterocycles. The fraction of sp³-hybridized carbons (Fsp3) is 0.720. The molecule has 3 fully saturated rings. The summed E-state index contributed by atoms with van der Waals surface area (Å²) in [6.45, 7) is 2.23. The Labute approximate surface area is 198 Å². The summed E-state index contributed by atoms with van der Waals surface area (Å²) in [5, 5.41) is 3.78. The fourth-order valence-corrected chi connectivity index (χ4v) is 6.78. The maximum atomic E-state index is 13.9. The van der Waals surface area contributed by atoms with E-state index in [4.69, 9.17) is 9.47 Å². The minimum atomic E-state index is -4.73. The predicted molar refractivity (Wildman–Crippen MR) is 118 cm³/mol. The van der Waals surface area contributed by atoms with Crippen LogP contribution in [0.5, 0.6) is 5.75 Å². The fourth-order valence-electron chi connectivity index (χ4n) is 6.78. The van der Waals surface area contributed by atoms with E-state index < -0.39 is 6.36 Å². The summed E-state index contributed by atoms with van der Waals surface area (Å²) in [6.07, 6.45) is 1.61. The first-order valence-electron chi connectivity index (χ1n) is 12.3. The minimum absolute atomic E-state index is 0.0209. The Morgan fingerprint density at radius 1 is 1.26 bits per heavy atom. The smallest absolute Gasteiger partial charge is 0.406 e. The van der Waals surface area contributed by atoms with Crippen molar-refractivity contribution in [1.29, 1.82) is 0 Å². The number of benzene rings is 1. The van der Waals surface area contributed by atoms with Gasteiger partial charge in [-0.1, -0.05) is 12.5 Å². The van der Waals surface area contributed by atoms with Gasteiger partial charge in [0.15, 0.2) is 0 Å². The Hall–Kier alpha value is -1.84. The third kappa shape index (κ3) is 4.66. The van der Waals surface area contributed by atoms with Crippen LogP contribution in [-0.2, 0) is 27.2 Å². The summed E-state index contributed by atoms with van der Waals surface area (Å²) in [5.41, 5.74) is 1.35. The van der Waals surface area contributed by atoms with Gasteiger partial charge < -0.3 is 24.4 Å². The zero-order valence-electron chi connectivity index (χ0n) is 19.5. The van der Waals surface area contributed by atoms with E-state index in [9.17, 15) is 18.0 Å². The third-order valence-corrected chi connectivity index (χ3v) is 8.33. The molecule has 0 spiro atoms. The molecule has 2 aliphatic carbocycles. The van der Waals surface area contributed by atoms with Gasteiger partial charge in [-0.15, -0.1) is 13.2 Å². The SMILES string of the molecule is COC1COCCC1N[C@@H]1C[C@H]2CCC[C@@]2(C(=O)N2CCc3ccc(OC(F)(F)F)cc3C2)C1. The molecule has 1 N–H and O–H groups in total. The lowest BCUT2D eigenvalue weighted by atomic mass is 9.78. The number of fused-ring (bicyclic) bond motifs is 2. The van der Waals surface area contributed by atoms with E-state index in [0.29, 0.717) is 38.6 Å². The second kappa shape index (κ2) is 9.32. The molecule has 1 saturated heterocycles. The molecule has 0 bridgehead atoms. The highest BCUT2D eigenvalue weighted by Gasteiger charge is 2.56. The number of nitrogens with zero attached hydrogens (tertiary/aromatic N) is 1. The number of nitrogens with one attached hydrogen (secondary N) is 1. The number of methoxy groups -OCH3 is 1. The molecule has 4 aliphatic rings. The Morgan fingerprint density at radius 2 is 2.12 bits per heavy atom. The molecule has 2 aliphatic heterocycles. The van der Waals surface area contributed by atoms with E-state index in [0.717, 1.165) is 49.7 Å². The maximum absolute atomic E-state index is 13.9. The van der Waals surface area contributed by atoms with Crippen molar-refractivity contribution >= 4 is 5.91 Å². The molecule has 1 amide bonds. The number of rotatable bonds is 5. The van der Waals surface area contributed by atoms with Gasteiger partial charge in [0.05, 0.1) is 18.1 Å². The van der Waals surface area contributed by atoms with Gasteiger partial charge in [-0.25, -0.2) is 0 Å². The Kier molecular flexibility index (Phi) is 6.54. The standard InChI is InChI=1S/C25H33F3N2O4/c1-32-22-15-33-10-7-21(22)29-19-12-18-3-2-8-24(18,13-19)23(31)30-9-6-16-4-5-20(11-17(16)14-30)34-25(26,27)28/h4-5,11,18-19,21-22,29H,2-3,6-10,12-15H2,1H3/t18-,19-,21?,22?,24-/m1/s1. The lowest BCUT2D eigenvalue weighted by Crippen LogP contribution is -2.51. The second-order valence-corrected chi connectivity index (χ2v) is 10.2. The zero-order chi connectivity index (χ0) is 23.9. The van der Waals surface area contributed by atoms with Crippen LogP contribution in [0, 0.1) is 11.3 Å². The van der Waals surface area contributed by atoms with Crippen molar-refractivity contribution in [2.75, 3.05) is 26.9 Å². The number of alkyl halides is 3. The number of carbonyl (C=O) groups is 1. The van der Waals surface area contributed by atoms with Crippen LogP contribution in [0.4, 0.5) is 13.2 Å². The zero-order valence-corrected chi connectivity index (χ0v) is 19.5. The molecule has 1 aromatic carbocycles. The average molecular weight is 483 g/mol. The molecule has 6 nitrogen and oxygen atoms in total. The Balaban J connectivity index is 1.29. The topological polar surface area (TPSA) is 60.0 Å². The van der Waals surface area contributed by atoms with E-state index in [2.05, 4.69) is 10.1 Å². The second-order valence-electron chi connectivity index (χ2n) is 10.2. The van der Waals surface area contributed by atoms with Crippen LogP contribution < -0.4 is 10.1 Å². The van der Waals surface area contributed by atoms with Crippen LogP contribution in [0.3, 0.4) is 0 Å². The van der Waals surface area contributed by atoms with Crippen LogP contribution in [0.15, 0.2) is 18.2 Å². The molecule has 0 aromatic heterocycles. The first kappa shape index (κ1) is 23.9. The van der Waals surface area contributed by atoms with Crippen LogP contribution in [0.25, 0.3) is 0 Å². The maximum Gasteiger partial charge on any atom is 0.573 e. The van der Waals surface area contributed by atoms with Gasteiger partial charge in [0.1, 0.15) is 5.75 Å². The molecule has 5 rings (SSSR count). The Bertz CT molecular complexity index is 911. The van der Waals surface area contributed by atoms with Crippen molar-refractivity contribution in [1.82, 2.24) is 10.2 Å². The molecule has 0 radical (unpaired) electrons. The van der Waals surface area contributed by atoms with Gasteiger partial charge >= 0.3 is 6.36 Å². The first-order chi connectivity index (χ1) is 16.3. The third-order valence-electron chi connectivity index (χ3n) is 8.33. The van der Waals surface area contributed by atoms with Gasteiger partial charge in [0.2, 0.25) is 5.91 Å². The summed E-state index contributed by atoms with van der Waals surface area (Å²) >= 11 is 0. The van der Waals surface area contributed by atoms with Crippen molar-refractivity contribution in [3.05, 3.63) is 29.3 Å². The molecule has 5 atom stereocenters. The van der Waals surface area contributed by atoms with Gasteiger partial charge in [-0.3, -0.25) is 4.79 Å². The van der Waals surface area contributed by atoms with Crippen molar-refractivity contribution in [2.45, 2.75) is 76.0 Å². The van der Waals surface area contributed by atoms with E-state index in [-0.39, 0.29) is 35.3 Å². The number of carbonyl (C=O) groups excluding carboxylic acids is 1. The van der Waals surface area contributed by atoms with Crippen LogP contribution in [0.1, 0.15) is 49.7 Å². The van der Waals surface area contributed by atoms with E-state index >= 15 is 0 Å². The van der Waals surface area contributed by atoms with Crippen molar-refractivity contribution < 1.29 is 32.2 Å². The number of halogens is 3. The highest BCUT2D eigenvalue weighted by Crippen LogP contribution is 2.55. The molecule has 34 heavy (non-hydrogen) atoms. The van der Waals surface area contributed by atoms with Crippen LogP contribution in [0.2, 0.25) is 0 Å². The predicted octanol–water partition coefficient (Wildman–Crippen LogP) is 3.81. The number of amides is 1. The van der Waals surface area contributed by atoms with Gasteiger partial charge in [0, 0.05) is 38.9 Å². The van der Waals surface area contributed by atoms with Gasteiger partial charge in [0.25, 0.3) is 0 Å². The quantitative estimate of drug-likeness (QED) is 0.692. The van der Waals surface area contributed by atoms with Crippen LogP contribution in [-0.4, -0.2) is 62.2 Å². The lowest BCUT2D eigenvalue weighted by molar-refractivity contribution is -0.274. The first-order valence-corrected chi connectivity index (χ1v) is 12.3. The summed E-state index contributed by atoms with van der Waals surface area (Å²) in [7, 11) is 1.71. The normalized spacial score (nSPS) is 33.5. The monoisotopic (exact) mass is 482 g/mol. The number of ether oxygens (including phenoxy) is 3. The molecule has 9 heteroatoms. The summed E-state index contributed by atoms with van der Waals surface area (Å²) in [6, 6.07) is 4.96.